The van der Waals surface area contributed by atoms with E-state index >= 15 is 0 Å². The Morgan fingerprint density at radius 3 is 2.92 bits per heavy atom. The first-order valence-electron chi connectivity index (χ1n) is 3.76. The van der Waals surface area contributed by atoms with Crippen molar-refractivity contribution < 1.29 is 8.78 Å². The number of halogens is 2. The second-order valence-electron chi connectivity index (χ2n) is 2.30. The highest BCUT2D eigenvalue weighted by Crippen LogP contribution is 2.05. The molecule has 0 fully saturated rings. The topological polar surface area (TPSA) is 46.9 Å². The Hall–Kier alpha value is -1.46. The summed E-state index contributed by atoms with van der Waals surface area (Å²) in [4.78, 5) is 14.8. The molecule has 0 amide bonds. The average Bonchev–Trinajstić information content (AvgIpc) is 2.08. The summed E-state index contributed by atoms with van der Waals surface area (Å²) >= 11 is 0. The van der Waals surface area contributed by atoms with Crippen molar-refractivity contribution in [3.05, 3.63) is 22.7 Å². The van der Waals surface area contributed by atoms with E-state index in [0.29, 0.717) is 11.1 Å². The van der Waals surface area contributed by atoms with Gasteiger partial charge in [0.05, 0.1) is 0 Å². The van der Waals surface area contributed by atoms with E-state index in [1.807, 2.05) is 0 Å². The lowest BCUT2D eigenvalue weighted by atomic mass is 10.6. The standard InChI is InChI=1S/C7H9F2N3O/c1-2-10-5-6(13)12(7(8)9)4-3-11-5/h3-4,7H,2H2,1H3,(H,10,11). The number of nitrogens with one attached hydrogen (secondary N) is 1. The molecular formula is C7H9F2N3O. The van der Waals surface area contributed by atoms with Gasteiger partial charge < -0.3 is 5.32 Å². The molecule has 0 aliphatic heterocycles. The Balaban J connectivity index is 3.11. The van der Waals surface area contributed by atoms with E-state index in [9.17, 15) is 13.6 Å². The predicted octanol–water partition coefficient (Wildman–Crippen LogP) is 1.07. The van der Waals surface area contributed by atoms with Crippen LogP contribution in [0.2, 0.25) is 0 Å². The van der Waals surface area contributed by atoms with Gasteiger partial charge in [-0.05, 0) is 6.92 Å². The van der Waals surface area contributed by atoms with E-state index in [4.69, 9.17) is 0 Å². The number of hydrogen-bond acceptors (Lipinski definition) is 3. The molecule has 1 rings (SSSR count). The zero-order valence-electron chi connectivity index (χ0n) is 7.00. The summed E-state index contributed by atoms with van der Waals surface area (Å²) in [5.41, 5.74) is -0.806. The quantitative estimate of drug-likeness (QED) is 0.773. The summed E-state index contributed by atoms with van der Waals surface area (Å²) in [6, 6.07) is 0. The van der Waals surface area contributed by atoms with Gasteiger partial charge in [0.1, 0.15) is 0 Å². The molecule has 1 aromatic rings. The highest BCUT2D eigenvalue weighted by molar-refractivity contribution is 5.30. The van der Waals surface area contributed by atoms with Crippen molar-refractivity contribution in [3.63, 3.8) is 0 Å². The van der Waals surface area contributed by atoms with Crippen molar-refractivity contribution in [2.45, 2.75) is 13.5 Å². The summed E-state index contributed by atoms with van der Waals surface area (Å²) < 4.78 is 24.6. The molecule has 0 spiro atoms. The summed E-state index contributed by atoms with van der Waals surface area (Å²) in [6.07, 6.45) is 2.11. The normalized spacial score (nSPS) is 10.5. The number of alkyl halides is 2. The fourth-order valence-electron chi connectivity index (χ4n) is 0.867. The lowest BCUT2D eigenvalue weighted by Gasteiger charge is -2.05. The largest absolute Gasteiger partial charge is 0.366 e. The first-order valence-corrected chi connectivity index (χ1v) is 3.76. The summed E-state index contributed by atoms with van der Waals surface area (Å²) in [5.74, 6) is -0.0506. The van der Waals surface area contributed by atoms with Crippen LogP contribution in [-0.2, 0) is 0 Å². The minimum absolute atomic E-state index is 0.0506. The molecule has 13 heavy (non-hydrogen) atoms. The van der Waals surface area contributed by atoms with E-state index in [0.717, 1.165) is 12.4 Å². The van der Waals surface area contributed by atoms with Gasteiger partial charge in [0.15, 0.2) is 5.82 Å². The Kier molecular flexibility index (Phi) is 2.94. The van der Waals surface area contributed by atoms with Crippen LogP contribution in [0.3, 0.4) is 0 Å². The third-order valence-corrected chi connectivity index (χ3v) is 1.42. The Bertz CT molecular complexity index is 337. The molecule has 0 saturated carbocycles. The molecule has 0 unspecified atom stereocenters. The Morgan fingerprint density at radius 2 is 2.38 bits per heavy atom. The van der Waals surface area contributed by atoms with Crippen LogP contribution in [-0.4, -0.2) is 16.1 Å². The van der Waals surface area contributed by atoms with E-state index < -0.39 is 12.1 Å². The van der Waals surface area contributed by atoms with Crippen molar-refractivity contribution in [2.24, 2.45) is 0 Å². The number of rotatable bonds is 3. The molecule has 0 saturated heterocycles. The summed E-state index contributed by atoms with van der Waals surface area (Å²) in [5, 5.41) is 2.59. The highest BCUT2D eigenvalue weighted by Gasteiger charge is 2.10. The molecule has 1 heterocycles. The van der Waals surface area contributed by atoms with E-state index in [-0.39, 0.29) is 5.82 Å². The summed E-state index contributed by atoms with van der Waals surface area (Å²) in [7, 11) is 0. The number of nitrogens with zero attached hydrogens (tertiary/aromatic N) is 2. The van der Waals surface area contributed by atoms with Gasteiger partial charge in [-0.15, -0.1) is 0 Å². The molecule has 4 nitrogen and oxygen atoms in total. The van der Waals surface area contributed by atoms with E-state index in [2.05, 4.69) is 10.3 Å². The molecule has 0 radical (unpaired) electrons. The van der Waals surface area contributed by atoms with E-state index in [1.54, 1.807) is 6.92 Å². The lowest BCUT2D eigenvalue weighted by molar-refractivity contribution is 0.0662. The molecule has 0 aromatic carbocycles. The van der Waals surface area contributed by atoms with Crippen LogP contribution >= 0.6 is 0 Å². The Morgan fingerprint density at radius 1 is 1.69 bits per heavy atom. The number of aromatic nitrogens is 2. The van der Waals surface area contributed by atoms with Gasteiger partial charge in [-0.25, -0.2) is 4.98 Å². The van der Waals surface area contributed by atoms with Crippen molar-refractivity contribution in [2.75, 3.05) is 11.9 Å². The highest BCUT2D eigenvalue weighted by atomic mass is 19.3. The fraction of sp³-hybridized carbons (Fsp3) is 0.429. The minimum Gasteiger partial charge on any atom is -0.366 e. The molecule has 0 aliphatic rings. The van der Waals surface area contributed by atoms with Gasteiger partial charge in [-0.2, -0.15) is 8.78 Å². The van der Waals surface area contributed by atoms with Crippen LogP contribution in [0, 0.1) is 0 Å². The molecule has 72 valence electrons. The van der Waals surface area contributed by atoms with E-state index in [1.165, 1.54) is 0 Å². The molecule has 6 heteroatoms. The van der Waals surface area contributed by atoms with Crippen LogP contribution < -0.4 is 10.9 Å². The third kappa shape index (κ3) is 2.01. The maximum absolute atomic E-state index is 12.2. The predicted molar refractivity (Wildman–Crippen MR) is 43.9 cm³/mol. The van der Waals surface area contributed by atoms with Crippen molar-refractivity contribution in [3.8, 4) is 0 Å². The first-order chi connectivity index (χ1) is 6.16. The van der Waals surface area contributed by atoms with Crippen LogP contribution in [0.1, 0.15) is 13.5 Å². The van der Waals surface area contributed by atoms with Crippen molar-refractivity contribution in [1.29, 1.82) is 0 Å². The van der Waals surface area contributed by atoms with Crippen LogP contribution in [0.25, 0.3) is 0 Å². The van der Waals surface area contributed by atoms with Crippen LogP contribution in [0.15, 0.2) is 17.2 Å². The van der Waals surface area contributed by atoms with Crippen molar-refractivity contribution >= 4 is 5.82 Å². The number of hydrogen-bond donors (Lipinski definition) is 1. The Labute approximate surface area is 73.2 Å². The summed E-state index contributed by atoms with van der Waals surface area (Å²) in [6.45, 7) is -0.607. The van der Waals surface area contributed by atoms with Gasteiger partial charge in [-0.3, -0.25) is 9.36 Å². The SMILES string of the molecule is CCNc1nccn(C(F)F)c1=O. The minimum atomic E-state index is -2.83. The van der Waals surface area contributed by atoms with Crippen LogP contribution in [0.4, 0.5) is 14.6 Å². The van der Waals surface area contributed by atoms with Gasteiger partial charge >= 0.3 is 6.55 Å². The van der Waals surface area contributed by atoms with Gasteiger partial charge in [-0.1, -0.05) is 0 Å². The zero-order chi connectivity index (χ0) is 9.84. The van der Waals surface area contributed by atoms with Gasteiger partial charge in [0.25, 0.3) is 5.56 Å². The first kappa shape index (κ1) is 9.63. The third-order valence-electron chi connectivity index (χ3n) is 1.42. The fourth-order valence-corrected chi connectivity index (χ4v) is 0.867. The molecule has 1 N–H and O–H groups in total. The second kappa shape index (κ2) is 3.97. The molecule has 0 atom stereocenters. The average molecular weight is 189 g/mol. The maximum atomic E-state index is 12.2. The maximum Gasteiger partial charge on any atom is 0.321 e. The van der Waals surface area contributed by atoms with Gasteiger partial charge in [0, 0.05) is 18.9 Å². The molecule has 0 aliphatic carbocycles. The second-order valence-corrected chi connectivity index (χ2v) is 2.30. The van der Waals surface area contributed by atoms with Crippen LogP contribution in [0.5, 0.6) is 0 Å². The number of anilines is 1. The smallest absolute Gasteiger partial charge is 0.321 e. The molecular weight excluding hydrogens is 180 g/mol. The lowest BCUT2D eigenvalue weighted by Crippen LogP contribution is -2.24. The molecule has 0 bridgehead atoms. The monoisotopic (exact) mass is 189 g/mol. The molecule has 1 aromatic heterocycles. The van der Waals surface area contributed by atoms with Crippen molar-refractivity contribution in [1.82, 2.24) is 9.55 Å². The van der Waals surface area contributed by atoms with Gasteiger partial charge in [0.2, 0.25) is 0 Å². The zero-order valence-corrected chi connectivity index (χ0v) is 7.00.